The molecule has 5 rings (SSSR count). The number of nitrogens with zero attached hydrogens (tertiary/aromatic N) is 1. The van der Waals surface area contributed by atoms with Crippen molar-refractivity contribution in [1.29, 1.82) is 5.41 Å². The van der Waals surface area contributed by atoms with Gasteiger partial charge in [-0.2, -0.15) is 0 Å². The van der Waals surface area contributed by atoms with E-state index in [1.165, 1.54) is 0 Å². The molecule has 36 heavy (non-hydrogen) atoms. The minimum Gasteiger partial charge on any atom is -0.627 e. The molecular weight excluding hydrogens is 454 g/mol. The first-order chi connectivity index (χ1) is 17.3. The number of nitrogens with one attached hydrogen (secondary N) is 2. The molecule has 0 radical (unpaired) electrons. The lowest BCUT2D eigenvalue weighted by molar-refractivity contribution is -0.126. The van der Waals surface area contributed by atoms with Crippen LogP contribution in [0.3, 0.4) is 0 Å². The molecule has 188 valence electrons. The second-order valence-corrected chi connectivity index (χ2v) is 10.2. The summed E-state index contributed by atoms with van der Waals surface area (Å²) < 4.78 is -0.868. The van der Waals surface area contributed by atoms with Crippen LogP contribution in [0, 0.1) is 10.6 Å². The first-order valence-corrected chi connectivity index (χ1v) is 12.5. The smallest absolute Gasteiger partial charge is 0.279 e. The van der Waals surface area contributed by atoms with Crippen molar-refractivity contribution >= 4 is 28.2 Å². The fourth-order valence-corrected chi connectivity index (χ4v) is 5.75. The Morgan fingerprint density at radius 1 is 1.11 bits per heavy atom. The van der Waals surface area contributed by atoms with Crippen molar-refractivity contribution in [2.75, 3.05) is 0 Å². The number of nitrogen functional groups attached to an aromatic ring is 1. The van der Waals surface area contributed by atoms with E-state index in [9.17, 15) is 15.1 Å². The topological polar surface area (TPSA) is 148 Å². The van der Waals surface area contributed by atoms with E-state index in [-0.39, 0.29) is 37.0 Å². The number of hydrogen-bond acceptors (Lipinski definition) is 5. The average Bonchev–Trinajstić information content (AvgIpc) is 3.16. The molecule has 1 saturated carbocycles. The molecule has 0 aromatic heterocycles. The van der Waals surface area contributed by atoms with E-state index >= 15 is 0 Å². The van der Waals surface area contributed by atoms with E-state index in [4.69, 9.17) is 16.9 Å². The molecular formula is C28H33N5O3. The molecule has 8 nitrogen and oxygen atoms in total. The van der Waals surface area contributed by atoms with Gasteiger partial charge in [-0.3, -0.25) is 10.2 Å². The summed E-state index contributed by atoms with van der Waals surface area (Å²) in [5.41, 5.74) is 15.0. The fraction of sp³-hybridized carbons (Fsp3) is 0.357. The Balaban J connectivity index is 1.56. The third kappa shape index (κ3) is 4.49. The Bertz CT molecular complexity index is 1320. The number of carbonyl (C=O) groups excluding carboxylic acids is 1. The van der Waals surface area contributed by atoms with Gasteiger partial charge in [0, 0.05) is 41.3 Å². The molecule has 3 aromatic carbocycles. The number of aliphatic hydroxyl groups is 1. The standard InChI is InChI=1S/C28H33N5O3/c29-22-7-9-23(10-8-22)32-28(35)26-13-19-5-6-20(27(30)31)14-25(19)33(26,36)15-21-12-17(16-34)11-18-3-1-2-4-24(18)21/h1-6,11-12,14,22-23,26,34H,7-10,13,15-16,29H2,(H3,30,31)(H,32,35). The SMILES string of the molecule is N=C(N)c1ccc2c(c1)[N+]([O-])(Cc1cc(CO)cc3ccccc13)C(C(=O)NC1CCC(N)CC1)C2. The third-order valence-corrected chi connectivity index (χ3v) is 7.74. The Kier molecular flexibility index (Phi) is 6.53. The lowest BCUT2D eigenvalue weighted by Crippen LogP contribution is -2.57. The highest BCUT2D eigenvalue weighted by atomic mass is 16.6. The molecule has 0 spiro atoms. The predicted octanol–water partition coefficient (Wildman–Crippen LogP) is 2.93. The van der Waals surface area contributed by atoms with Gasteiger partial charge in [-0.15, -0.1) is 0 Å². The summed E-state index contributed by atoms with van der Waals surface area (Å²) in [5, 5.41) is 37.6. The van der Waals surface area contributed by atoms with Gasteiger partial charge >= 0.3 is 0 Å². The van der Waals surface area contributed by atoms with Crippen LogP contribution in [0.15, 0.2) is 54.6 Å². The Labute approximate surface area is 210 Å². The van der Waals surface area contributed by atoms with Crippen molar-refractivity contribution < 1.29 is 9.90 Å². The van der Waals surface area contributed by atoms with Gasteiger partial charge in [0.1, 0.15) is 18.1 Å². The maximum absolute atomic E-state index is 14.9. The monoisotopic (exact) mass is 487 g/mol. The maximum atomic E-state index is 14.9. The average molecular weight is 488 g/mol. The lowest BCUT2D eigenvalue weighted by atomic mass is 9.91. The summed E-state index contributed by atoms with van der Waals surface area (Å²) in [5.74, 6) is -0.378. The number of amides is 1. The van der Waals surface area contributed by atoms with E-state index in [0.29, 0.717) is 23.2 Å². The number of amidine groups is 1. The number of aliphatic hydroxyl groups excluding tert-OH is 1. The molecule has 1 aliphatic heterocycles. The van der Waals surface area contributed by atoms with E-state index in [1.54, 1.807) is 12.1 Å². The first-order valence-electron chi connectivity index (χ1n) is 12.5. The van der Waals surface area contributed by atoms with Crippen molar-refractivity contribution in [3.63, 3.8) is 0 Å². The van der Waals surface area contributed by atoms with Crippen molar-refractivity contribution in [3.05, 3.63) is 82.1 Å². The lowest BCUT2D eigenvalue weighted by Gasteiger charge is -2.44. The molecule has 1 aliphatic carbocycles. The number of fused-ring (bicyclic) bond motifs is 2. The molecule has 2 unspecified atom stereocenters. The molecule has 8 heteroatoms. The molecule has 7 N–H and O–H groups in total. The summed E-state index contributed by atoms with van der Waals surface area (Å²) in [6, 6.07) is 16.0. The van der Waals surface area contributed by atoms with Gasteiger partial charge in [0.2, 0.25) is 0 Å². The number of benzene rings is 3. The Morgan fingerprint density at radius 2 is 1.86 bits per heavy atom. The number of quaternary nitrogens is 1. The summed E-state index contributed by atoms with van der Waals surface area (Å²) in [4.78, 5) is 13.6. The van der Waals surface area contributed by atoms with Gasteiger partial charge in [-0.05, 0) is 54.2 Å². The van der Waals surface area contributed by atoms with Gasteiger partial charge in [0.15, 0.2) is 6.04 Å². The summed E-state index contributed by atoms with van der Waals surface area (Å²) >= 11 is 0. The van der Waals surface area contributed by atoms with E-state index in [0.717, 1.165) is 47.6 Å². The third-order valence-electron chi connectivity index (χ3n) is 7.74. The van der Waals surface area contributed by atoms with Gasteiger partial charge < -0.3 is 31.7 Å². The highest BCUT2D eigenvalue weighted by Crippen LogP contribution is 2.42. The largest absolute Gasteiger partial charge is 0.627 e. The van der Waals surface area contributed by atoms with Gasteiger partial charge in [-0.25, -0.2) is 0 Å². The maximum Gasteiger partial charge on any atom is 0.279 e. The van der Waals surface area contributed by atoms with Crippen LogP contribution in [-0.4, -0.2) is 35.0 Å². The summed E-state index contributed by atoms with van der Waals surface area (Å²) in [6.45, 7) is -0.119. The normalized spacial score (nSPS) is 25.5. The van der Waals surface area contributed by atoms with Crippen LogP contribution >= 0.6 is 0 Å². The Morgan fingerprint density at radius 3 is 2.58 bits per heavy atom. The van der Waals surface area contributed by atoms with E-state index < -0.39 is 10.7 Å². The predicted molar refractivity (Wildman–Crippen MR) is 142 cm³/mol. The molecule has 1 amide bonds. The molecule has 3 aromatic rings. The minimum atomic E-state index is -0.868. The minimum absolute atomic E-state index is 0.0146. The van der Waals surface area contributed by atoms with Crippen molar-refractivity contribution in [2.45, 2.75) is 63.4 Å². The zero-order valence-electron chi connectivity index (χ0n) is 20.2. The molecule has 0 saturated heterocycles. The highest BCUT2D eigenvalue weighted by molar-refractivity contribution is 5.97. The van der Waals surface area contributed by atoms with Gasteiger partial charge in [0.25, 0.3) is 5.91 Å². The Hall–Kier alpha value is -3.30. The zero-order chi connectivity index (χ0) is 25.4. The quantitative estimate of drug-likeness (QED) is 0.157. The number of hydroxylamine groups is 2. The number of carbonyl (C=O) groups is 1. The second kappa shape index (κ2) is 9.63. The molecule has 1 heterocycles. The number of hydrogen-bond donors (Lipinski definition) is 5. The van der Waals surface area contributed by atoms with Crippen LogP contribution in [-0.2, 0) is 24.4 Å². The first kappa shape index (κ1) is 24.4. The van der Waals surface area contributed by atoms with Crippen molar-refractivity contribution in [1.82, 2.24) is 9.96 Å². The fourth-order valence-electron chi connectivity index (χ4n) is 5.75. The van der Waals surface area contributed by atoms with E-state index in [1.807, 2.05) is 42.5 Å². The molecule has 1 fully saturated rings. The van der Waals surface area contributed by atoms with Crippen LogP contribution in [0.4, 0.5) is 5.69 Å². The molecule has 0 bridgehead atoms. The van der Waals surface area contributed by atoms with Gasteiger partial charge in [-0.1, -0.05) is 36.4 Å². The molecule has 2 atom stereocenters. The number of nitrogens with two attached hydrogens (primary N) is 2. The zero-order valence-corrected chi connectivity index (χ0v) is 20.2. The van der Waals surface area contributed by atoms with E-state index in [2.05, 4.69) is 5.32 Å². The van der Waals surface area contributed by atoms with Crippen molar-refractivity contribution in [2.24, 2.45) is 11.5 Å². The van der Waals surface area contributed by atoms with Gasteiger partial charge in [0.05, 0.1) is 6.61 Å². The summed E-state index contributed by atoms with van der Waals surface area (Å²) in [6.07, 6.45) is 3.64. The van der Waals surface area contributed by atoms with Crippen LogP contribution in [0.2, 0.25) is 0 Å². The van der Waals surface area contributed by atoms with Crippen molar-refractivity contribution in [3.8, 4) is 0 Å². The van der Waals surface area contributed by atoms with Crippen LogP contribution in [0.1, 0.15) is 47.9 Å². The van der Waals surface area contributed by atoms with Crippen LogP contribution in [0.25, 0.3) is 10.8 Å². The second-order valence-electron chi connectivity index (χ2n) is 10.2. The highest BCUT2D eigenvalue weighted by Gasteiger charge is 2.46. The number of rotatable bonds is 6. The van der Waals surface area contributed by atoms with Crippen LogP contribution < -0.4 is 21.4 Å². The van der Waals surface area contributed by atoms with Crippen LogP contribution in [0.5, 0.6) is 0 Å². The molecule has 2 aliphatic rings. The summed E-state index contributed by atoms with van der Waals surface area (Å²) in [7, 11) is 0.